The Morgan fingerprint density at radius 3 is 2.79 bits per heavy atom. The van der Waals surface area contributed by atoms with E-state index in [2.05, 4.69) is 6.92 Å². The number of aryl methyl sites for hydroxylation is 1. The van der Waals surface area contributed by atoms with Gasteiger partial charge in [-0.15, -0.1) is 0 Å². The number of nitrogens with two attached hydrogens (primary N) is 1. The summed E-state index contributed by atoms with van der Waals surface area (Å²) in [6.07, 6.45) is 8.34. The van der Waals surface area contributed by atoms with Crippen LogP contribution < -0.4 is 5.73 Å². The average Bonchev–Trinajstić information content (AvgIpc) is 2.53. The van der Waals surface area contributed by atoms with Gasteiger partial charge in [-0.25, -0.2) is 4.39 Å². The zero-order valence-electron chi connectivity index (χ0n) is 12.2. The van der Waals surface area contributed by atoms with Crippen LogP contribution in [0.3, 0.4) is 0 Å². The van der Waals surface area contributed by atoms with Crippen molar-refractivity contribution in [1.29, 1.82) is 0 Å². The van der Waals surface area contributed by atoms with E-state index >= 15 is 0 Å². The van der Waals surface area contributed by atoms with E-state index in [4.69, 9.17) is 5.73 Å². The van der Waals surface area contributed by atoms with Gasteiger partial charge in [-0.1, -0.05) is 38.7 Å². The molecule has 0 amide bonds. The molecule has 1 aliphatic rings. The van der Waals surface area contributed by atoms with Crippen LogP contribution in [0, 0.1) is 18.7 Å². The van der Waals surface area contributed by atoms with Gasteiger partial charge in [0.25, 0.3) is 0 Å². The van der Waals surface area contributed by atoms with Crippen molar-refractivity contribution < 1.29 is 4.39 Å². The predicted octanol–water partition coefficient (Wildman–Crippen LogP) is 4.67. The molecule has 1 aliphatic carbocycles. The normalized spacial score (nSPS) is 28.1. The predicted molar refractivity (Wildman–Crippen MR) is 78.5 cm³/mol. The summed E-state index contributed by atoms with van der Waals surface area (Å²) in [6, 6.07) is 5.05. The fourth-order valence-electron chi connectivity index (χ4n) is 3.59. The quantitative estimate of drug-likeness (QED) is 0.788. The van der Waals surface area contributed by atoms with E-state index in [0.717, 1.165) is 29.9 Å². The van der Waals surface area contributed by atoms with Gasteiger partial charge < -0.3 is 5.73 Å². The molecule has 2 unspecified atom stereocenters. The summed E-state index contributed by atoms with van der Waals surface area (Å²) in [4.78, 5) is 0. The summed E-state index contributed by atoms with van der Waals surface area (Å²) < 4.78 is 13.2. The van der Waals surface area contributed by atoms with E-state index in [1.165, 1.54) is 32.1 Å². The molecule has 1 fully saturated rings. The minimum Gasteiger partial charge on any atom is -0.321 e. The molecule has 2 N–H and O–H groups in total. The standard InChI is InChI=1S/C17H26FN/c1-3-5-14-6-4-10-17(19,11-9-14)16-8-7-15(18)12-13(16)2/h7-8,12,14H,3-6,9-11,19H2,1-2H3. The van der Waals surface area contributed by atoms with Crippen molar-refractivity contribution in [3.05, 3.63) is 35.1 Å². The second-order valence-corrected chi connectivity index (χ2v) is 6.20. The van der Waals surface area contributed by atoms with Gasteiger partial charge >= 0.3 is 0 Å². The van der Waals surface area contributed by atoms with Crippen LogP contribution in [0.4, 0.5) is 4.39 Å². The van der Waals surface area contributed by atoms with Crippen molar-refractivity contribution in [3.8, 4) is 0 Å². The van der Waals surface area contributed by atoms with Gasteiger partial charge in [0.2, 0.25) is 0 Å². The number of halogens is 1. The second-order valence-electron chi connectivity index (χ2n) is 6.20. The largest absolute Gasteiger partial charge is 0.321 e. The van der Waals surface area contributed by atoms with Crippen molar-refractivity contribution in [1.82, 2.24) is 0 Å². The van der Waals surface area contributed by atoms with Crippen molar-refractivity contribution in [2.75, 3.05) is 0 Å². The van der Waals surface area contributed by atoms with E-state index in [-0.39, 0.29) is 11.4 Å². The van der Waals surface area contributed by atoms with E-state index in [1.54, 1.807) is 12.1 Å². The minimum absolute atomic E-state index is 0.165. The molecule has 106 valence electrons. The van der Waals surface area contributed by atoms with E-state index in [0.29, 0.717) is 0 Å². The summed E-state index contributed by atoms with van der Waals surface area (Å²) in [7, 11) is 0. The van der Waals surface area contributed by atoms with Crippen LogP contribution in [-0.4, -0.2) is 0 Å². The fraction of sp³-hybridized carbons (Fsp3) is 0.647. The summed E-state index contributed by atoms with van der Waals surface area (Å²) in [5.41, 5.74) is 8.56. The van der Waals surface area contributed by atoms with Gasteiger partial charge in [-0.3, -0.25) is 0 Å². The van der Waals surface area contributed by atoms with Crippen molar-refractivity contribution in [3.63, 3.8) is 0 Å². The molecule has 2 heteroatoms. The van der Waals surface area contributed by atoms with E-state index in [9.17, 15) is 4.39 Å². The second kappa shape index (κ2) is 6.04. The van der Waals surface area contributed by atoms with Gasteiger partial charge in [0.15, 0.2) is 0 Å². The van der Waals surface area contributed by atoms with Crippen molar-refractivity contribution >= 4 is 0 Å². The highest BCUT2D eigenvalue weighted by Crippen LogP contribution is 2.38. The first kappa shape index (κ1) is 14.5. The monoisotopic (exact) mass is 263 g/mol. The Kier molecular flexibility index (Phi) is 4.62. The van der Waals surface area contributed by atoms with Crippen molar-refractivity contribution in [2.45, 2.75) is 64.3 Å². The summed E-state index contributed by atoms with van der Waals surface area (Å²) in [6.45, 7) is 4.23. The number of hydrogen-bond donors (Lipinski definition) is 1. The molecule has 1 nitrogen and oxygen atoms in total. The molecule has 0 radical (unpaired) electrons. The molecule has 1 saturated carbocycles. The molecular formula is C17H26FN. The maximum atomic E-state index is 13.2. The lowest BCUT2D eigenvalue weighted by Gasteiger charge is -2.30. The van der Waals surface area contributed by atoms with Crippen LogP contribution in [0.25, 0.3) is 0 Å². The molecule has 0 spiro atoms. The molecule has 0 bridgehead atoms. The number of rotatable bonds is 3. The molecule has 0 heterocycles. The third-order valence-corrected chi connectivity index (χ3v) is 4.66. The Morgan fingerprint density at radius 2 is 2.11 bits per heavy atom. The van der Waals surface area contributed by atoms with Crippen LogP contribution in [-0.2, 0) is 5.54 Å². The first-order valence-corrected chi connectivity index (χ1v) is 7.60. The maximum absolute atomic E-state index is 13.2. The molecule has 1 aromatic carbocycles. The molecule has 0 aromatic heterocycles. The zero-order chi connectivity index (χ0) is 13.9. The van der Waals surface area contributed by atoms with E-state index < -0.39 is 0 Å². The Balaban J connectivity index is 2.17. The smallest absolute Gasteiger partial charge is 0.123 e. The Hall–Kier alpha value is -0.890. The average molecular weight is 263 g/mol. The van der Waals surface area contributed by atoms with Gasteiger partial charge in [-0.05, 0) is 55.4 Å². The molecule has 1 aromatic rings. The summed E-state index contributed by atoms with van der Waals surface area (Å²) in [5, 5.41) is 0. The van der Waals surface area contributed by atoms with Gasteiger partial charge in [0.05, 0.1) is 0 Å². The Labute approximate surface area is 116 Å². The highest BCUT2D eigenvalue weighted by atomic mass is 19.1. The topological polar surface area (TPSA) is 26.0 Å². The first-order valence-electron chi connectivity index (χ1n) is 7.60. The fourth-order valence-corrected chi connectivity index (χ4v) is 3.59. The van der Waals surface area contributed by atoms with Gasteiger partial charge in [0, 0.05) is 5.54 Å². The number of benzene rings is 1. The molecular weight excluding hydrogens is 237 g/mol. The first-order chi connectivity index (χ1) is 9.05. The molecule has 2 rings (SSSR count). The lowest BCUT2D eigenvalue weighted by Crippen LogP contribution is -2.36. The van der Waals surface area contributed by atoms with Crippen LogP contribution in [0.1, 0.15) is 63.0 Å². The third kappa shape index (κ3) is 3.36. The Morgan fingerprint density at radius 1 is 1.32 bits per heavy atom. The lowest BCUT2D eigenvalue weighted by molar-refractivity contribution is 0.365. The van der Waals surface area contributed by atoms with Crippen LogP contribution >= 0.6 is 0 Å². The molecule has 19 heavy (non-hydrogen) atoms. The SMILES string of the molecule is CCCC1CCCC(N)(c2ccc(F)cc2C)CC1. The highest BCUT2D eigenvalue weighted by Gasteiger charge is 2.31. The van der Waals surface area contributed by atoms with Gasteiger partial charge in [0.1, 0.15) is 5.82 Å². The van der Waals surface area contributed by atoms with Crippen LogP contribution in [0.5, 0.6) is 0 Å². The third-order valence-electron chi connectivity index (χ3n) is 4.66. The maximum Gasteiger partial charge on any atom is 0.123 e. The lowest BCUT2D eigenvalue weighted by atomic mass is 9.81. The van der Waals surface area contributed by atoms with Gasteiger partial charge in [-0.2, -0.15) is 0 Å². The number of hydrogen-bond acceptors (Lipinski definition) is 1. The molecule has 2 atom stereocenters. The van der Waals surface area contributed by atoms with E-state index in [1.807, 2.05) is 13.0 Å². The van der Waals surface area contributed by atoms with Crippen LogP contribution in [0.2, 0.25) is 0 Å². The molecule has 0 aliphatic heterocycles. The summed E-state index contributed by atoms with van der Waals surface area (Å²) in [5.74, 6) is 0.665. The van der Waals surface area contributed by atoms with Crippen molar-refractivity contribution in [2.24, 2.45) is 11.7 Å². The molecule has 0 saturated heterocycles. The Bertz CT molecular complexity index is 429. The van der Waals surface area contributed by atoms with Crippen LogP contribution in [0.15, 0.2) is 18.2 Å². The highest BCUT2D eigenvalue weighted by molar-refractivity contribution is 5.33. The minimum atomic E-state index is -0.250. The zero-order valence-corrected chi connectivity index (χ0v) is 12.2. The summed E-state index contributed by atoms with van der Waals surface area (Å²) >= 11 is 0.